The fourth-order valence-corrected chi connectivity index (χ4v) is 2.16. The maximum atomic E-state index is 12.1. The summed E-state index contributed by atoms with van der Waals surface area (Å²) in [5.41, 5.74) is 1.65. The van der Waals surface area contributed by atoms with Gasteiger partial charge in [0, 0.05) is 12.5 Å². The Morgan fingerprint density at radius 2 is 2.00 bits per heavy atom. The van der Waals surface area contributed by atoms with Gasteiger partial charge in [0.15, 0.2) is 0 Å². The number of rotatable bonds is 2. The molecule has 0 spiro atoms. The Kier molecular flexibility index (Phi) is 3.47. The molecule has 3 rings (SSSR count). The average molecular weight is 295 g/mol. The van der Waals surface area contributed by atoms with Gasteiger partial charge in [0.25, 0.3) is 5.56 Å². The van der Waals surface area contributed by atoms with Gasteiger partial charge in [-0.25, -0.2) is 0 Å². The second kappa shape index (κ2) is 5.44. The molecule has 0 saturated carbocycles. The van der Waals surface area contributed by atoms with Gasteiger partial charge in [-0.3, -0.25) is 9.59 Å². The van der Waals surface area contributed by atoms with Crippen molar-refractivity contribution in [3.05, 3.63) is 58.4 Å². The lowest BCUT2D eigenvalue weighted by Crippen LogP contribution is -2.07. The quantitative estimate of drug-likeness (QED) is 0.536. The number of hydrogen-bond donors (Lipinski definition) is 0. The van der Waals surface area contributed by atoms with E-state index < -0.39 is 5.97 Å². The van der Waals surface area contributed by atoms with Crippen LogP contribution in [0.4, 0.5) is 0 Å². The summed E-state index contributed by atoms with van der Waals surface area (Å²) in [5, 5.41) is 0.444. The van der Waals surface area contributed by atoms with Gasteiger partial charge in [-0.15, -0.1) is 0 Å². The van der Waals surface area contributed by atoms with Gasteiger partial charge in [-0.2, -0.15) is 4.98 Å². The van der Waals surface area contributed by atoms with E-state index in [2.05, 4.69) is 4.98 Å². The molecule has 22 heavy (non-hydrogen) atoms. The molecule has 3 aromatic rings. The highest BCUT2D eigenvalue weighted by atomic mass is 16.5. The number of ether oxygens (including phenoxy) is 1. The third kappa shape index (κ3) is 2.74. The Morgan fingerprint density at radius 1 is 1.18 bits per heavy atom. The molecule has 0 aliphatic carbocycles. The third-order valence-corrected chi connectivity index (χ3v) is 3.12. The summed E-state index contributed by atoms with van der Waals surface area (Å²) >= 11 is 0. The van der Waals surface area contributed by atoms with E-state index in [1.54, 1.807) is 36.4 Å². The summed E-state index contributed by atoms with van der Waals surface area (Å²) in [4.78, 5) is 27.1. The van der Waals surface area contributed by atoms with Crippen LogP contribution in [0.15, 0.2) is 51.7 Å². The molecule has 0 saturated heterocycles. The average Bonchev–Trinajstić information content (AvgIpc) is 2.47. The van der Waals surface area contributed by atoms with E-state index in [0.717, 1.165) is 5.56 Å². The van der Waals surface area contributed by atoms with Gasteiger partial charge >= 0.3 is 5.97 Å². The molecule has 0 bridgehead atoms. The summed E-state index contributed by atoms with van der Waals surface area (Å²) in [6.07, 6.45) is 0. The lowest BCUT2D eigenvalue weighted by Gasteiger charge is -2.05. The van der Waals surface area contributed by atoms with E-state index in [1.165, 1.54) is 6.92 Å². The zero-order chi connectivity index (χ0) is 15.7. The molecule has 5 nitrogen and oxygen atoms in total. The summed E-state index contributed by atoms with van der Waals surface area (Å²) in [6, 6.07) is 12.0. The molecule has 110 valence electrons. The first kappa shape index (κ1) is 14.0. The maximum absolute atomic E-state index is 12.1. The second-order valence-corrected chi connectivity index (χ2v) is 4.95. The maximum Gasteiger partial charge on any atom is 0.308 e. The number of fused-ring (bicyclic) bond motifs is 1. The van der Waals surface area contributed by atoms with Crippen molar-refractivity contribution in [1.29, 1.82) is 0 Å². The molecule has 0 aliphatic rings. The number of carbonyl (C=O) groups is 1. The number of benzene rings is 2. The Balaban J connectivity index is 2.12. The fraction of sp³-hybridized carbons (Fsp3) is 0.118. The number of hydrogen-bond acceptors (Lipinski definition) is 5. The van der Waals surface area contributed by atoms with Gasteiger partial charge in [0.05, 0.1) is 5.39 Å². The summed E-state index contributed by atoms with van der Waals surface area (Å²) in [6.45, 7) is 3.22. The first-order chi connectivity index (χ1) is 10.5. The third-order valence-electron chi connectivity index (χ3n) is 3.12. The van der Waals surface area contributed by atoms with Crippen LogP contribution in [0.2, 0.25) is 0 Å². The second-order valence-electron chi connectivity index (χ2n) is 4.95. The van der Waals surface area contributed by atoms with E-state index in [0.29, 0.717) is 22.3 Å². The lowest BCUT2D eigenvalue weighted by molar-refractivity contribution is -0.131. The molecule has 2 aromatic carbocycles. The van der Waals surface area contributed by atoms with Gasteiger partial charge < -0.3 is 9.15 Å². The van der Waals surface area contributed by atoms with Crippen molar-refractivity contribution in [2.75, 3.05) is 0 Å². The van der Waals surface area contributed by atoms with Crippen LogP contribution in [-0.4, -0.2) is 11.0 Å². The lowest BCUT2D eigenvalue weighted by atomic mass is 10.1. The van der Waals surface area contributed by atoms with Crippen LogP contribution in [0.5, 0.6) is 5.75 Å². The van der Waals surface area contributed by atoms with Crippen LogP contribution < -0.4 is 10.3 Å². The fourth-order valence-electron chi connectivity index (χ4n) is 2.16. The van der Waals surface area contributed by atoms with Crippen LogP contribution in [-0.2, 0) is 4.79 Å². The first-order valence-corrected chi connectivity index (χ1v) is 6.73. The molecular formula is C17H13NO4. The zero-order valence-corrected chi connectivity index (χ0v) is 12.1. The molecule has 0 aliphatic heterocycles. The van der Waals surface area contributed by atoms with Gasteiger partial charge in [0.1, 0.15) is 11.3 Å². The summed E-state index contributed by atoms with van der Waals surface area (Å²) in [7, 11) is 0. The van der Waals surface area contributed by atoms with Crippen molar-refractivity contribution in [2.45, 2.75) is 13.8 Å². The summed E-state index contributed by atoms with van der Waals surface area (Å²) in [5.74, 6) is 0.148. The van der Waals surface area contributed by atoms with Crippen molar-refractivity contribution in [3.8, 4) is 17.2 Å². The monoisotopic (exact) mass is 295 g/mol. The number of aryl methyl sites for hydroxylation is 1. The predicted molar refractivity (Wildman–Crippen MR) is 81.8 cm³/mol. The Labute approximate surface area is 126 Å². The standard InChI is InChI=1S/C17H13NO4/c1-10-6-7-15-14(8-10)16(20)18-17(22-15)12-4-3-5-13(9-12)21-11(2)19/h3-9H,1-2H3. The van der Waals surface area contributed by atoms with Crippen molar-refractivity contribution >= 4 is 16.9 Å². The Bertz CT molecular complexity index is 927. The van der Waals surface area contributed by atoms with Crippen LogP contribution in [0, 0.1) is 6.92 Å². The SMILES string of the molecule is CC(=O)Oc1cccc(-c2nc(=O)c3cc(C)ccc3o2)c1. The van der Waals surface area contributed by atoms with Gasteiger partial charge in [-0.05, 0) is 37.3 Å². The molecule has 1 heterocycles. The minimum atomic E-state index is -0.416. The van der Waals surface area contributed by atoms with Crippen LogP contribution in [0.25, 0.3) is 22.4 Å². The van der Waals surface area contributed by atoms with Crippen molar-refractivity contribution in [2.24, 2.45) is 0 Å². The molecule has 0 N–H and O–H groups in total. The highest BCUT2D eigenvalue weighted by molar-refractivity contribution is 5.77. The smallest absolute Gasteiger partial charge is 0.308 e. The Morgan fingerprint density at radius 3 is 2.77 bits per heavy atom. The van der Waals surface area contributed by atoms with E-state index in [4.69, 9.17) is 9.15 Å². The molecule has 1 aromatic heterocycles. The van der Waals surface area contributed by atoms with Gasteiger partial charge in [-0.1, -0.05) is 17.7 Å². The molecule has 5 heteroatoms. The molecular weight excluding hydrogens is 282 g/mol. The van der Waals surface area contributed by atoms with Crippen LogP contribution in [0.1, 0.15) is 12.5 Å². The van der Waals surface area contributed by atoms with Crippen LogP contribution >= 0.6 is 0 Å². The molecule has 0 fully saturated rings. The number of nitrogens with zero attached hydrogens (tertiary/aromatic N) is 1. The molecule has 0 unspecified atom stereocenters. The minimum Gasteiger partial charge on any atom is -0.437 e. The van der Waals surface area contributed by atoms with Gasteiger partial charge in [0.2, 0.25) is 5.89 Å². The Hall–Kier alpha value is -2.95. The number of carbonyl (C=O) groups excluding carboxylic acids is 1. The topological polar surface area (TPSA) is 69.4 Å². The molecule has 0 radical (unpaired) electrons. The van der Waals surface area contributed by atoms with E-state index in [9.17, 15) is 9.59 Å². The van der Waals surface area contributed by atoms with E-state index >= 15 is 0 Å². The minimum absolute atomic E-state index is 0.190. The van der Waals surface area contributed by atoms with E-state index in [-0.39, 0.29) is 11.4 Å². The normalized spacial score (nSPS) is 10.6. The molecule has 0 amide bonds. The largest absolute Gasteiger partial charge is 0.437 e. The van der Waals surface area contributed by atoms with Crippen molar-refractivity contribution in [3.63, 3.8) is 0 Å². The predicted octanol–water partition coefficient (Wildman–Crippen LogP) is 3.09. The highest BCUT2D eigenvalue weighted by Gasteiger charge is 2.10. The first-order valence-electron chi connectivity index (χ1n) is 6.73. The highest BCUT2D eigenvalue weighted by Crippen LogP contribution is 2.24. The zero-order valence-electron chi connectivity index (χ0n) is 12.1. The van der Waals surface area contributed by atoms with E-state index in [1.807, 2.05) is 13.0 Å². The van der Waals surface area contributed by atoms with Crippen molar-refractivity contribution < 1.29 is 13.9 Å². The number of aromatic nitrogens is 1. The van der Waals surface area contributed by atoms with Crippen molar-refractivity contribution in [1.82, 2.24) is 4.98 Å². The molecule has 0 atom stereocenters. The van der Waals surface area contributed by atoms with Crippen LogP contribution in [0.3, 0.4) is 0 Å². The number of esters is 1. The summed E-state index contributed by atoms with van der Waals surface area (Å²) < 4.78 is 10.7.